The van der Waals surface area contributed by atoms with Crippen molar-refractivity contribution in [2.45, 2.75) is 32.7 Å². The maximum atomic E-state index is 5.35. The van der Waals surface area contributed by atoms with Crippen LogP contribution < -0.4 is 5.32 Å². The molecule has 1 N–H and O–H groups in total. The van der Waals surface area contributed by atoms with E-state index < -0.39 is 0 Å². The molecule has 2 rings (SSSR count). The molecule has 0 bridgehead atoms. The third kappa shape index (κ3) is 3.94. The Labute approximate surface area is 116 Å². The van der Waals surface area contributed by atoms with Gasteiger partial charge in [0.05, 0.1) is 11.7 Å². The number of ether oxygens (including phenoxy) is 1. The van der Waals surface area contributed by atoms with E-state index in [9.17, 15) is 0 Å². The highest BCUT2D eigenvalue weighted by Gasteiger charge is 2.23. The molecule has 2 heterocycles. The summed E-state index contributed by atoms with van der Waals surface area (Å²) in [5.74, 6) is 1.01. The van der Waals surface area contributed by atoms with Crippen molar-refractivity contribution < 1.29 is 4.74 Å². The van der Waals surface area contributed by atoms with E-state index in [4.69, 9.17) is 4.74 Å². The van der Waals surface area contributed by atoms with E-state index in [0.29, 0.717) is 6.04 Å². The monoisotopic (exact) mass is 266 g/mol. The first-order valence-corrected chi connectivity index (χ1v) is 7.26. The van der Waals surface area contributed by atoms with Crippen LogP contribution in [-0.4, -0.2) is 54.3 Å². The lowest BCUT2D eigenvalue weighted by molar-refractivity contribution is 0.147. The van der Waals surface area contributed by atoms with Gasteiger partial charge in [-0.15, -0.1) is 0 Å². The summed E-state index contributed by atoms with van der Waals surface area (Å²) >= 11 is 0. The highest BCUT2D eigenvalue weighted by atomic mass is 16.5. The van der Waals surface area contributed by atoms with Crippen LogP contribution in [0.2, 0.25) is 0 Å². The summed E-state index contributed by atoms with van der Waals surface area (Å²) in [4.78, 5) is 6.96. The van der Waals surface area contributed by atoms with E-state index in [1.807, 2.05) is 6.92 Å². The van der Waals surface area contributed by atoms with Crippen LogP contribution in [0.4, 0.5) is 5.95 Å². The quantitative estimate of drug-likeness (QED) is 0.766. The minimum absolute atomic E-state index is 0.556. The van der Waals surface area contributed by atoms with Crippen LogP contribution in [0.5, 0.6) is 0 Å². The summed E-state index contributed by atoms with van der Waals surface area (Å²) in [6, 6.07) is 0.556. The summed E-state index contributed by atoms with van der Waals surface area (Å²) in [5.41, 5.74) is 1.09. The van der Waals surface area contributed by atoms with Crippen LogP contribution in [0.15, 0.2) is 6.20 Å². The molecule has 0 aromatic carbocycles. The molecule has 0 saturated carbocycles. The van der Waals surface area contributed by atoms with E-state index in [0.717, 1.165) is 44.4 Å². The van der Waals surface area contributed by atoms with Crippen LogP contribution in [0, 0.1) is 6.92 Å². The molecule has 1 fully saturated rings. The number of hydrogen-bond acceptors (Lipinski definition) is 4. The van der Waals surface area contributed by atoms with Gasteiger partial charge < -0.3 is 19.5 Å². The minimum atomic E-state index is 0.556. The lowest BCUT2D eigenvalue weighted by Crippen LogP contribution is -2.18. The Hall–Kier alpha value is -1.07. The predicted molar refractivity (Wildman–Crippen MR) is 77.7 cm³/mol. The molecule has 1 aromatic heterocycles. The lowest BCUT2D eigenvalue weighted by Gasteiger charge is -2.16. The first-order valence-electron chi connectivity index (χ1n) is 7.26. The molecule has 108 valence electrons. The average Bonchev–Trinajstić information content (AvgIpc) is 2.95. The van der Waals surface area contributed by atoms with E-state index in [-0.39, 0.29) is 0 Å². The van der Waals surface area contributed by atoms with Crippen molar-refractivity contribution in [3.05, 3.63) is 11.9 Å². The summed E-state index contributed by atoms with van der Waals surface area (Å²) in [7, 11) is 2.18. The van der Waals surface area contributed by atoms with E-state index in [1.54, 1.807) is 0 Å². The normalized spacial score (nSPS) is 20.1. The Morgan fingerprint density at radius 2 is 2.37 bits per heavy atom. The van der Waals surface area contributed by atoms with Crippen molar-refractivity contribution in [3.63, 3.8) is 0 Å². The van der Waals surface area contributed by atoms with Gasteiger partial charge in [-0.05, 0) is 40.3 Å². The molecule has 1 aliphatic heterocycles. The van der Waals surface area contributed by atoms with E-state index in [1.165, 1.54) is 13.0 Å². The molecule has 5 heteroatoms. The Morgan fingerprint density at radius 1 is 1.53 bits per heavy atom. The molecule has 0 spiro atoms. The number of rotatable bonds is 7. The zero-order valence-corrected chi connectivity index (χ0v) is 12.4. The number of imidazole rings is 1. The molecule has 0 amide bonds. The second kappa shape index (κ2) is 6.91. The molecule has 1 saturated heterocycles. The van der Waals surface area contributed by atoms with Crippen LogP contribution in [0.1, 0.15) is 31.5 Å². The first kappa shape index (κ1) is 14.3. The van der Waals surface area contributed by atoms with Gasteiger partial charge in [-0.2, -0.15) is 0 Å². The Morgan fingerprint density at radius 3 is 3.05 bits per heavy atom. The maximum absolute atomic E-state index is 5.35. The van der Waals surface area contributed by atoms with Gasteiger partial charge in [0.15, 0.2) is 0 Å². The van der Waals surface area contributed by atoms with E-state index in [2.05, 4.69) is 39.9 Å². The van der Waals surface area contributed by atoms with Crippen LogP contribution in [-0.2, 0) is 4.74 Å². The Balaban J connectivity index is 1.89. The van der Waals surface area contributed by atoms with Gasteiger partial charge in [-0.3, -0.25) is 0 Å². The summed E-state index contributed by atoms with van der Waals surface area (Å²) < 4.78 is 7.65. The van der Waals surface area contributed by atoms with Crippen molar-refractivity contribution in [1.29, 1.82) is 0 Å². The van der Waals surface area contributed by atoms with Crippen molar-refractivity contribution in [2.75, 3.05) is 45.2 Å². The SMILES string of the molecule is CCOCCCNc1nc(C)cn1C1CCN(C)C1. The minimum Gasteiger partial charge on any atom is -0.382 e. The summed E-state index contributed by atoms with van der Waals surface area (Å²) in [6.07, 6.45) is 4.39. The van der Waals surface area contributed by atoms with Crippen LogP contribution in [0.3, 0.4) is 0 Å². The van der Waals surface area contributed by atoms with Crippen molar-refractivity contribution in [1.82, 2.24) is 14.5 Å². The fourth-order valence-corrected chi connectivity index (χ4v) is 2.58. The zero-order chi connectivity index (χ0) is 13.7. The number of aromatic nitrogens is 2. The topological polar surface area (TPSA) is 42.3 Å². The number of likely N-dealkylation sites (tertiary alicyclic amines) is 1. The van der Waals surface area contributed by atoms with Crippen molar-refractivity contribution >= 4 is 5.95 Å². The van der Waals surface area contributed by atoms with Gasteiger partial charge >= 0.3 is 0 Å². The van der Waals surface area contributed by atoms with Crippen LogP contribution in [0.25, 0.3) is 0 Å². The molecular formula is C14H26N4O. The van der Waals surface area contributed by atoms with Gasteiger partial charge in [0, 0.05) is 32.5 Å². The van der Waals surface area contributed by atoms with E-state index >= 15 is 0 Å². The average molecular weight is 266 g/mol. The number of nitrogens with one attached hydrogen (secondary N) is 1. The maximum Gasteiger partial charge on any atom is 0.203 e. The standard InChI is InChI=1S/C14H26N4O/c1-4-19-9-5-7-15-14-16-12(2)10-18(14)13-6-8-17(3)11-13/h10,13H,4-9,11H2,1-3H3,(H,15,16). The molecule has 5 nitrogen and oxygen atoms in total. The number of hydrogen-bond donors (Lipinski definition) is 1. The second-order valence-corrected chi connectivity index (χ2v) is 5.30. The second-order valence-electron chi connectivity index (χ2n) is 5.30. The fourth-order valence-electron chi connectivity index (χ4n) is 2.58. The zero-order valence-electron chi connectivity index (χ0n) is 12.4. The lowest BCUT2D eigenvalue weighted by atomic mass is 10.2. The highest BCUT2D eigenvalue weighted by Crippen LogP contribution is 2.24. The number of anilines is 1. The smallest absolute Gasteiger partial charge is 0.203 e. The van der Waals surface area contributed by atoms with Gasteiger partial charge in [-0.1, -0.05) is 0 Å². The molecule has 1 aliphatic rings. The van der Waals surface area contributed by atoms with Gasteiger partial charge in [-0.25, -0.2) is 4.98 Å². The molecule has 0 aliphatic carbocycles. The third-order valence-electron chi connectivity index (χ3n) is 3.57. The largest absolute Gasteiger partial charge is 0.382 e. The highest BCUT2D eigenvalue weighted by molar-refractivity contribution is 5.29. The molecule has 1 unspecified atom stereocenters. The van der Waals surface area contributed by atoms with Gasteiger partial charge in [0.1, 0.15) is 0 Å². The molecule has 19 heavy (non-hydrogen) atoms. The number of aryl methyl sites for hydroxylation is 1. The number of likely N-dealkylation sites (N-methyl/N-ethyl adjacent to an activating group) is 1. The van der Waals surface area contributed by atoms with Gasteiger partial charge in [0.25, 0.3) is 0 Å². The Bertz CT molecular complexity index is 391. The third-order valence-corrected chi connectivity index (χ3v) is 3.57. The summed E-state index contributed by atoms with van der Waals surface area (Å²) in [6.45, 7) is 8.90. The first-order chi connectivity index (χ1) is 9.20. The van der Waals surface area contributed by atoms with Gasteiger partial charge in [0.2, 0.25) is 5.95 Å². The molecule has 1 aromatic rings. The Kier molecular flexibility index (Phi) is 5.22. The molecule has 1 atom stereocenters. The molecular weight excluding hydrogens is 240 g/mol. The van der Waals surface area contributed by atoms with Crippen molar-refractivity contribution in [2.24, 2.45) is 0 Å². The fraction of sp³-hybridized carbons (Fsp3) is 0.786. The number of nitrogens with zero attached hydrogens (tertiary/aromatic N) is 3. The predicted octanol–water partition coefficient (Wildman–Crippen LogP) is 1.91. The van der Waals surface area contributed by atoms with Crippen LogP contribution >= 0.6 is 0 Å². The summed E-state index contributed by atoms with van der Waals surface area (Å²) in [5, 5.41) is 3.44. The van der Waals surface area contributed by atoms with Crippen molar-refractivity contribution in [3.8, 4) is 0 Å². The molecule has 0 radical (unpaired) electrons.